The van der Waals surface area contributed by atoms with E-state index in [1.165, 1.54) is 48.9 Å². The summed E-state index contributed by atoms with van der Waals surface area (Å²) < 4.78 is 1.21. The number of halogens is 1. The van der Waals surface area contributed by atoms with Crippen LogP contribution in [-0.2, 0) is 0 Å². The molecule has 0 spiro atoms. The molecule has 0 aliphatic carbocycles. The minimum absolute atomic E-state index is 0.450. The molecule has 2 rings (SSSR count). The lowest BCUT2D eigenvalue weighted by Gasteiger charge is -2.22. The largest absolute Gasteiger partial charge is 0.313 e. The average Bonchev–Trinajstić information content (AvgIpc) is 2.85. The molecular formula is C14H21BrN2. The van der Waals surface area contributed by atoms with Crippen LogP contribution in [-0.4, -0.2) is 31.6 Å². The molecule has 1 aromatic carbocycles. The maximum absolute atomic E-state index is 3.64. The third kappa shape index (κ3) is 3.54. The molecule has 1 fully saturated rings. The topological polar surface area (TPSA) is 15.3 Å². The second-order valence-electron chi connectivity index (χ2n) is 4.70. The molecule has 94 valence electrons. The summed E-state index contributed by atoms with van der Waals surface area (Å²) in [6, 6.07) is 8.96. The fourth-order valence-electron chi connectivity index (χ4n) is 2.53. The minimum atomic E-state index is 0.450. The first-order chi connectivity index (χ1) is 8.31. The Hall–Kier alpha value is -0.380. The van der Waals surface area contributed by atoms with Gasteiger partial charge in [-0.1, -0.05) is 34.1 Å². The highest BCUT2D eigenvalue weighted by Gasteiger charge is 2.16. The quantitative estimate of drug-likeness (QED) is 0.898. The summed E-state index contributed by atoms with van der Waals surface area (Å²) in [6.07, 6.45) is 3.93. The Kier molecular flexibility index (Phi) is 5.01. The molecular weight excluding hydrogens is 276 g/mol. The molecule has 2 nitrogen and oxygen atoms in total. The lowest BCUT2D eigenvalue weighted by molar-refractivity contribution is 0.314. The molecule has 1 atom stereocenters. The SMILES string of the molecule is CNC(CCN1CCCC1)c1ccccc1Br. The molecule has 0 amide bonds. The number of hydrogen-bond acceptors (Lipinski definition) is 2. The van der Waals surface area contributed by atoms with Crippen LogP contribution in [0.1, 0.15) is 30.9 Å². The van der Waals surface area contributed by atoms with Gasteiger partial charge in [0.1, 0.15) is 0 Å². The van der Waals surface area contributed by atoms with Crippen LogP contribution < -0.4 is 5.32 Å². The van der Waals surface area contributed by atoms with Crippen molar-refractivity contribution in [2.45, 2.75) is 25.3 Å². The Morgan fingerprint density at radius 3 is 2.65 bits per heavy atom. The summed E-state index contributed by atoms with van der Waals surface area (Å²) in [7, 11) is 2.05. The van der Waals surface area contributed by atoms with Gasteiger partial charge in [-0.05, 0) is 57.6 Å². The molecule has 0 radical (unpaired) electrons. The highest BCUT2D eigenvalue weighted by Crippen LogP contribution is 2.25. The Balaban J connectivity index is 1.94. The Labute approximate surface area is 113 Å². The molecule has 1 N–H and O–H groups in total. The first kappa shape index (κ1) is 13.1. The lowest BCUT2D eigenvalue weighted by Crippen LogP contribution is -2.26. The maximum Gasteiger partial charge on any atom is 0.0340 e. The van der Waals surface area contributed by atoms with Crippen LogP contribution >= 0.6 is 15.9 Å². The molecule has 1 aliphatic rings. The molecule has 0 bridgehead atoms. The van der Waals surface area contributed by atoms with Gasteiger partial charge in [-0.15, -0.1) is 0 Å². The molecule has 1 heterocycles. The van der Waals surface area contributed by atoms with Crippen molar-refractivity contribution in [2.24, 2.45) is 0 Å². The van der Waals surface area contributed by atoms with E-state index in [1.807, 2.05) is 7.05 Å². The van der Waals surface area contributed by atoms with Crippen molar-refractivity contribution >= 4 is 15.9 Å². The summed E-state index contributed by atoms with van der Waals surface area (Å²) in [5.74, 6) is 0. The number of nitrogens with one attached hydrogen (secondary N) is 1. The molecule has 0 aromatic heterocycles. The normalized spacial score (nSPS) is 18.5. The van der Waals surface area contributed by atoms with Crippen molar-refractivity contribution in [2.75, 3.05) is 26.7 Å². The Morgan fingerprint density at radius 2 is 2.00 bits per heavy atom. The fourth-order valence-corrected chi connectivity index (χ4v) is 3.09. The fraction of sp³-hybridized carbons (Fsp3) is 0.571. The molecule has 3 heteroatoms. The molecule has 1 unspecified atom stereocenters. The Morgan fingerprint density at radius 1 is 1.29 bits per heavy atom. The predicted octanol–water partition coefficient (Wildman–Crippen LogP) is 3.20. The highest BCUT2D eigenvalue weighted by atomic mass is 79.9. The van der Waals surface area contributed by atoms with E-state index >= 15 is 0 Å². The monoisotopic (exact) mass is 296 g/mol. The number of likely N-dealkylation sites (tertiary alicyclic amines) is 1. The standard InChI is InChI=1S/C14H21BrN2/c1-16-14(8-11-17-9-4-5-10-17)12-6-2-3-7-13(12)15/h2-3,6-7,14,16H,4-5,8-11H2,1H3. The first-order valence-corrected chi connectivity index (χ1v) is 7.24. The van der Waals surface area contributed by atoms with Crippen molar-refractivity contribution in [1.82, 2.24) is 10.2 Å². The second-order valence-corrected chi connectivity index (χ2v) is 5.55. The Bertz CT molecular complexity index is 348. The van der Waals surface area contributed by atoms with Gasteiger partial charge in [0, 0.05) is 10.5 Å². The van der Waals surface area contributed by atoms with Crippen LogP contribution in [0.3, 0.4) is 0 Å². The summed E-state index contributed by atoms with van der Waals surface area (Å²) in [5, 5.41) is 3.43. The van der Waals surface area contributed by atoms with Gasteiger partial charge in [0.15, 0.2) is 0 Å². The summed E-state index contributed by atoms with van der Waals surface area (Å²) >= 11 is 3.64. The van der Waals surface area contributed by atoms with Gasteiger partial charge in [-0.2, -0.15) is 0 Å². The van der Waals surface area contributed by atoms with Crippen molar-refractivity contribution < 1.29 is 0 Å². The third-order valence-electron chi connectivity index (χ3n) is 3.56. The van der Waals surface area contributed by atoms with Crippen LogP contribution in [0.25, 0.3) is 0 Å². The van der Waals surface area contributed by atoms with E-state index in [4.69, 9.17) is 0 Å². The molecule has 17 heavy (non-hydrogen) atoms. The third-order valence-corrected chi connectivity index (χ3v) is 4.28. The first-order valence-electron chi connectivity index (χ1n) is 6.45. The van der Waals surface area contributed by atoms with Gasteiger partial charge < -0.3 is 10.2 Å². The van der Waals surface area contributed by atoms with E-state index in [1.54, 1.807) is 0 Å². The van der Waals surface area contributed by atoms with Gasteiger partial charge >= 0.3 is 0 Å². The number of hydrogen-bond donors (Lipinski definition) is 1. The van der Waals surface area contributed by atoms with Crippen molar-refractivity contribution in [3.05, 3.63) is 34.3 Å². The van der Waals surface area contributed by atoms with Gasteiger partial charge in [-0.25, -0.2) is 0 Å². The van der Waals surface area contributed by atoms with Crippen LogP contribution in [0.4, 0.5) is 0 Å². The van der Waals surface area contributed by atoms with Crippen molar-refractivity contribution in [3.63, 3.8) is 0 Å². The van der Waals surface area contributed by atoms with E-state index in [9.17, 15) is 0 Å². The highest BCUT2D eigenvalue weighted by molar-refractivity contribution is 9.10. The average molecular weight is 297 g/mol. The zero-order valence-corrected chi connectivity index (χ0v) is 12.0. The number of nitrogens with zero attached hydrogens (tertiary/aromatic N) is 1. The summed E-state index contributed by atoms with van der Waals surface area (Å²) in [6.45, 7) is 3.77. The summed E-state index contributed by atoms with van der Waals surface area (Å²) in [4.78, 5) is 2.57. The lowest BCUT2D eigenvalue weighted by atomic mass is 10.0. The van der Waals surface area contributed by atoms with Crippen LogP contribution in [0.5, 0.6) is 0 Å². The van der Waals surface area contributed by atoms with E-state index in [0.29, 0.717) is 6.04 Å². The zero-order chi connectivity index (χ0) is 12.1. The van der Waals surface area contributed by atoms with Crippen molar-refractivity contribution in [1.29, 1.82) is 0 Å². The summed E-state index contributed by atoms with van der Waals surface area (Å²) in [5.41, 5.74) is 1.37. The molecule has 1 saturated heterocycles. The van der Waals surface area contributed by atoms with Crippen LogP contribution in [0, 0.1) is 0 Å². The van der Waals surface area contributed by atoms with Crippen molar-refractivity contribution in [3.8, 4) is 0 Å². The van der Waals surface area contributed by atoms with Gasteiger partial charge in [-0.3, -0.25) is 0 Å². The smallest absolute Gasteiger partial charge is 0.0340 e. The van der Waals surface area contributed by atoms with E-state index < -0.39 is 0 Å². The number of benzene rings is 1. The van der Waals surface area contributed by atoms with Crippen LogP contribution in [0.2, 0.25) is 0 Å². The van der Waals surface area contributed by atoms with E-state index in [2.05, 4.69) is 50.4 Å². The van der Waals surface area contributed by atoms with E-state index in [-0.39, 0.29) is 0 Å². The second kappa shape index (κ2) is 6.53. The molecule has 1 aliphatic heterocycles. The van der Waals surface area contributed by atoms with Gasteiger partial charge in [0.2, 0.25) is 0 Å². The molecule has 1 aromatic rings. The minimum Gasteiger partial charge on any atom is -0.313 e. The maximum atomic E-state index is 3.64. The van der Waals surface area contributed by atoms with Gasteiger partial charge in [0.25, 0.3) is 0 Å². The van der Waals surface area contributed by atoms with Crippen LogP contribution in [0.15, 0.2) is 28.7 Å². The number of rotatable bonds is 5. The molecule has 0 saturated carbocycles. The predicted molar refractivity (Wildman–Crippen MR) is 76.2 cm³/mol. The zero-order valence-electron chi connectivity index (χ0n) is 10.5. The van der Waals surface area contributed by atoms with E-state index in [0.717, 1.165) is 0 Å². The van der Waals surface area contributed by atoms with Gasteiger partial charge in [0.05, 0.1) is 0 Å².